The highest BCUT2D eigenvalue weighted by molar-refractivity contribution is 6.44. The van der Waals surface area contributed by atoms with Crippen molar-refractivity contribution in [2.45, 2.75) is 19.4 Å². The van der Waals surface area contributed by atoms with Crippen LogP contribution in [0.4, 0.5) is 0 Å². The summed E-state index contributed by atoms with van der Waals surface area (Å²) >= 11 is 18.1. The number of likely N-dealkylation sites (tertiary alicyclic amines) is 1. The maximum atomic E-state index is 11.8. The first-order valence-electron chi connectivity index (χ1n) is 6.20. The number of nitrogens with one attached hydrogen (secondary N) is 1. The second-order valence-corrected chi connectivity index (χ2v) is 5.71. The van der Waals surface area contributed by atoms with Gasteiger partial charge in [-0.15, -0.1) is 0 Å². The van der Waals surface area contributed by atoms with Gasteiger partial charge in [0.15, 0.2) is 0 Å². The summed E-state index contributed by atoms with van der Waals surface area (Å²) in [5.74, 6) is 0.117. The number of carbonyl (C=O) groups is 1. The second kappa shape index (κ2) is 6.80. The minimum absolute atomic E-state index is 0.117. The molecule has 0 radical (unpaired) electrons. The van der Waals surface area contributed by atoms with Gasteiger partial charge < -0.3 is 10.2 Å². The molecule has 0 bridgehead atoms. The molecule has 0 atom stereocenters. The van der Waals surface area contributed by atoms with Crippen molar-refractivity contribution >= 4 is 40.7 Å². The molecular weight excluding hydrogens is 307 g/mol. The van der Waals surface area contributed by atoms with E-state index in [0.29, 0.717) is 28.2 Å². The van der Waals surface area contributed by atoms with Crippen LogP contribution in [0.15, 0.2) is 12.1 Å². The van der Waals surface area contributed by atoms with E-state index in [4.69, 9.17) is 34.8 Å². The second-order valence-electron chi connectivity index (χ2n) is 4.51. The SMILES string of the molecule is O=C(CNCc1c(Cl)ccc(Cl)c1Cl)N1CCCC1. The van der Waals surface area contributed by atoms with Gasteiger partial charge in [-0.3, -0.25) is 4.79 Å². The van der Waals surface area contributed by atoms with Gasteiger partial charge in [-0.1, -0.05) is 34.8 Å². The predicted octanol–water partition coefficient (Wildman–Crippen LogP) is 3.36. The predicted molar refractivity (Wildman–Crippen MR) is 79.0 cm³/mol. The van der Waals surface area contributed by atoms with Crippen molar-refractivity contribution in [2.75, 3.05) is 19.6 Å². The lowest BCUT2D eigenvalue weighted by molar-refractivity contribution is -0.129. The Morgan fingerprint density at radius 1 is 1.16 bits per heavy atom. The van der Waals surface area contributed by atoms with Gasteiger partial charge in [-0.2, -0.15) is 0 Å². The number of benzene rings is 1. The average molecular weight is 322 g/mol. The maximum absolute atomic E-state index is 11.8. The number of nitrogens with zero attached hydrogens (tertiary/aromatic N) is 1. The van der Waals surface area contributed by atoms with E-state index in [1.165, 1.54) is 0 Å². The van der Waals surface area contributed by atoms with Crippen LogP contribution in [0.1, 0.15) is 18.4 Å². The molecule has 0 spiro atoms. The third-order valence-electron chi connectivity index (χ3n) is 3.18. The summed E-state index contributed by atoms with van der Waals surface area (Å²) in [6, 6.07) is 3.36. The normalized spacial score (nSPS) is 15.0. The highest BCUT2D eigenvalue weighted by Gasteiger charge is 2.17. The van der Waals surface area contributed by atoms with Crippen LogP contribution in [0.5, 0.6) is 0 Å². The topological polar surface area (TPSA) is 32.3 Å². The van der Waals surface area contributed by atoms with E-state index in [9.17, 15) is 4.79 Å². The molecule has 0 aliphatic carbocycles. The van der Waals surface area contributed by atoms with Crippen molar-refractivity contribution in [3.8, 4) is 0 Å². The summed E-state index contributed by atoms with van der Waals surface area (Å²) in [4.78, 5) is 13.7. The number of halogens is 3. The Hall–Kier alpha value is -0.480. The van der Waals surface area contributed by atoms with Crippen LogP contribution in [-0.2, 0) is 11.3 Å². The van der Waals surface area contributed by atoms with Crippen molar-refractivity contribution in [1.82, 2.24) is 10.2 Å². The summed E-state index contributed by atoms with van der Waals surface area (Å²) in [6.07, 6.45) is 2.19. The lowest BCUT2D eigenvalue weighted by Crippen LogP contribution is -2.36. The molecule has 104 valence electrons. The largest absolute Gasteiger partial charge is 0.342 e. The van der Waals surface area contributed by atoms with E-state index in [1.54, 1.807) is 12.1 Å². The van der Waals surface area contributed by atoms with Crippen molar-refractivity contribution in [3.05, 3.63) is 32.8 Å². The Balaban J connectivity index is 1.89. The number of hydrogen-bond donors (Lipinski definition) is 1. The van der Waals surface area contributed by atoms with Gasteiger partial charge in [0.05, 0.1) is 16.6 Å². The minimum Gasteiger partial charge on any atom is -0.342 e. The highest BCUT2D eigenvalue weighted by atomic mass is 35.5. The molecule has 3 nitrogen and oxygen atoms in total. The third-order valence-corrected chi connectivity index (χ3v) is 4.37. The molecule has 1 fully saturated rings. The van der Waals surface area contributed by atoms with E-state index in [-0.39, 0.29) is 5.91 Å². The number of rotatable bonds is 4. The summed E-state index contributed by atoms with van der Waals surface area (Å²) in [6.45, 7) is 2.44. The molecule has 1 N–H and O–H groups in total. The molecule has 19 heavy (non-hydrogen) atoms. The summed E-state index contributed by atoms with van der Waals surface area (Å²) < 4.78 is 0. The first kappa shape index (κ1) is 14.9. The third kappa shape index (κ3) is 3.76. The van der Waals surface area contributed by atoms with E-state index in [2.05, 4.69) is 5.32 Å². The minimum atomic E-state index is 0.117. The molecule has 0 saturated carbocycles. The molecule has 1 aliphatic heterocycles. The molecule has 6 heteroatoms. The Morgan fingerprint density at radius 3 is 2.47 bits per heavy atom. The zero-order chi connectivity index (χ0) is 13.8. The first-order valence-corrected chi connectivity index (χ1v) is 7.34. The fourth-order valence-corrected chi connectivity index (χ4v) is 2.79. The number of amides is 1. The van der Waals surface area contributed by atoms with Crippen LogP contribution in [0, 0.1) is 0 Å². The van der Waals surface area contributed by atoms with Crippen molar-refractivity contribution in [2.24, 2.45) is 0 Å². The molecule has 0 unspecified atom stereocenters. The molecule has 1 heterocycles. The quantitative estimate of drug-likeness (QED) is 0.863. The van der Waals surface area contributed by atoms with Crippen molar-refractivity contribution in [1.29, 1.82) is 0 Å². The van der Waals surface area contributed by atoms with Gasteiger partial charge in [-0.25, -0.2) is 0 Å². The van der Waals surface area contributed by atoms with Gasteiger partial charge in [0.2, 0.25) is 5.91 Å². The maximum Gasteiger partial charge on any atom is 0.236 e. The monoisotopic (exact) mass is 320 g/mol. The number of carbonyl (C=O) groups excluding carboxylic acids is 1. The van der Waals surface area contributed by atoms with Gasteiger partial charge in [0, 0.05) is 30.2 Å². The molecule has 1 saturated heterocycles. The van der Waals surface area contributed by atoms with Crippen LogP contribution in [0.2, 0.25) is 15.1 Å². The molecular formula is C13H15Cl3N2O. The molecule has 0 aromatic heterocycles. The Bertz CT molecular complexity index is 473. The molecule has 1 aliphatic rings. The first-order chi connectivity index (χ1) is 9.09. The van der Waals surface area contributed by atoms with Gasteiger partial charge >= 0.3 is 0 Å². The summed E-state index contributed by atoms with van der Waals surface area (Å²) in [7, 11) is 0. The zero-order valence-electron chi connectivity index (χ0n) is 10.4. The standard InChI is InChI=1S/C13H15Cl3N2O/c14-10-3-4-11(15)13(16)9(10)7-17-8-12(19)18-5-1-2-6-18/h3-4,17H,1-2,5-8H2. The van der Waals surface area contributed by atoms with Gasteiger partial charge in [-0.05, 0) is 25.0 Å². The van der Waals surface area contributed by atoms with E-state index in [1.807, 2.05) is 4.90 Å². The molecule has 1 aromatic carbocycles. The van der Waals surface area contributed by atoms with E-state index >= 15 is 0 Å². The van der Waals surface area contributed by atoms with Gasteiger partial charge in [0.25, 0.3) is 0 Å². The smallest absolute Gasteiger partial charge is 0.236 e. The Labute approximate surface area is 127 Å². The Morgan fingerprint density at radius 2 is 1.79 bits per heavy atom. The van der Waals surface area contributed by atoms with Crippen LogP contribution >= 0.6 is 34.8 Å². The molecule has 1 amide bonds. The Kier molecular flexibility index (Phi) is 5.34. The van der Waals surface area contributed by atoms with Crippen molar-refractivity contribution in [3.63, 3.8) is 0 Å². The fraction of sp³-hybridized carbons (Fsp3) is 0.462. The lowest BCUT2D eigenvalue weighted by atomic mass is 10.2. The van der Waals surface area contributed by atoms with E-state index in [0.717, 1.165) is 31.5 Å². The fourth-order valence-electron chi connectivity index (χ4n) is 2.10. The van der Waals surface area contributed by atoms with Crippen LogP contribution in [0.3, 0.4) is 0 Å². The zero-order valence-corrected chi connectivity index (χ0v) is 12.7. The number of hydrogen-bond acceptors (Lipinski definition) is 2. The van der Waals surface area contributed by atoms with Crippen LogP contribution in [0.25, 0.3) is 0 Å². The average Bonchev–Trinajstić information content (AvgIpc) is 2.92. The van der Waals surface area contributed by atoms with E-state index < -0.39 is 0 Å². The molecule has 2 rings (SSSR count). The van der Waals surface area contributed by atoms with Crippen molar-refractivity contribution < 1.29 is 4.79 Å². The summed E-state index contributed by atoms with van der Waals surface area (Å²) in [5.41, 5.74) is 0.727. The highest BCUT2D eigenvalue weighted by Crippen LogP contribution is 2.31. The lowest BCUT2D eigenvalue weighted by Gasteiger charge is -2.16. The van der Waals surface area contributed by atoms with Gasteiger partial charge in [0.1, 0.15) is 0 Å². The molecule has 1 aromatic rings. The summed E-state index contributed by atoms with van der Waals surface area (Å²) in [5, 5.41) is 4.53. The van der Waals surface area contributed by atoms with Crippen LogP contribution in [-0.4, -0.2) is 30.4 Å². The van der Waals surface area contributed by atoms with Crippen LogP contribution < -0.4 is 5.32 Å².